The van der Waals surface area contributed by atoms with Gasteiger partial charge in [0.2, 0.25) is 0 Å². The summed E-state index contributed by atoms with van der Waals surface area (Å²) >= 11 is 0. The standard InChI is InChI=1S/C5H5N3O/c9-5-6-1-4-2-8(5)3-7-4/h2-3H,1H2,(H,6,9). The maximum atomic E-state index is 10.7. The Morgan fingerprint density at radius 3 is 3.44 bits per heavy atom. The molecule has 0 aliphatic carbocycles. The number of imidazole rings is 1. The van der Waals surface area contributed by atoms with Gasteiger partial charge in [0.1, 0.15) is 6.33 Å². The van der Waals surface area contributed by atoms with Gasteiger partial charge in [0, 0.05) is 6.20 Å². The van der Waals surface area contributed by atoms with E-state index in [1.54, 1.807) is 6.20 Å². The van der Waals surface area contributed by atoms with Crippen molar-refractivity contribution in [3.8, 4) is 0 Å². The van der Waals surface area contributed by atoms with Crippen LogP contribution in [0.2, 0.25) is 0 Å². The Bertz CT molecular complexity index is 252. The third kappa shape index (κ3) is 0.526. The lowest BCUT2D eigenvalue weighted by atomic mass is 10.4. The van der Waals surface area contributed by atoms with E-state index in [4.69, 9.17) is 0 Å². The van der Waals surface area contributed by atoms with Crippen molar-refractivity contribution in [2.75, 3.05) is 0 Å². The number of carbonyl (C=O) groups excluding carboxylic acids is 1. The Hall–Kier alpha value is -1.32. The van der Waals surface area contributed by atoms with Crippen molar-refractivity contribution in [1.29, 1.82) is 0 Å². The zero-order valence-electron chi connectivity index (χ0n) is 4.66. The molecule has 0 radical (unpaired) electrons. The number of amides is 1. The molecule has 4 nitrogen and oxygen atoms in total. The molecular formula is C5H5N3O. The lowest BCUT2D eigenvalue weighted by Gasteiger charge is -2.05. The van der Waals surface area contributed by atoms with Crippen molar-refractivity contribution in [2.24, 2.45) is 0 Å². The fourth-order valence-corrected chi connectivity index (χ4v) is 0.823. The van der Waals surface area contributed by atoms with Crippen LogP contribution in [0.15, 0.2) is 12.5 Å². The smallest absolute Gasteiger partial charge is 0.327 e. The molecule has 2 rings (SSSR count). The summed E-state index contributed by atoms with van der Waals surface area (Å²) in [4.78, 5) is 14.7. The maximum Gasteiger partial charge on any atom is 0.327 e. The van der Waals surface area contributed by atoms with Gasteiger partial charge in [-0.15, -0.1) is 0 Å². The second-order valence-electron chi connectivity index (χ2n) is 1.93. The molecule has 0 saturated heterocycles. The number of nitrogens with zero attached hydrogens (tertiary/aromatic N) is 2. The molecule has 1 amide bonds. The van der Waals surface area contributed by atoms with Crippen molar-refractivity contribution in [3.05, 3.63) is 18.2 Å². The summed E-state index contributed by atoms with van der Waals surface area (Å²) in [6, 6.07) is -0.0972. The Balaban J connectivity index is 2.60. The Labute approximate surface area is 51.5 Å². The van der Waals surface area contributed by atoms with Gasteiger partial charge in [0.15, 0.2) is 0 Å². The van der Waals surface area contributed by atoms with Gasteiger partial charge in [-0.2, -0.15) is 0 Å². The predicted octanol–water partition coefficient (Wildman–Crippen LogP) is -0.0456. The SMILES string of the molecule is O=C1NCc2cn1cn2. The van der Waals surface area contributed by atoms with Gasteiger partial charge >= 0.3 is 6.03 Å². The Morgan fingerprint density at radius 1 is 1.78 bits per heavy atom. The van der Waals surface area contributed by atoms with Crippen molar-refractivity contribution in [3.63, 3.8) is 0 Å². The fourth-order valence-electron chi connectivity index (χ4n) is 0.823. The van der Waals surface area contributed by atoms with Crippen LogP contribution in [0, 0.1) is 0 Å². The highest BCUT2D eigenvalue weighted by atomic mass is 16.2. The van der Waals surface area contributed by atoms with E-state index in [1.165, 1.54) is 10.9 Å². The molecule has 1 aliphatic heterocycles. The summed E-state index contributed by atoms with van der Waals surface area (Å²) < 4.78 is 1.43. The van der Waals surface area contributed by atoms with Gasteiger partial charge < -0.3 is 5.32 Å². The van der Waals surface area contributed by atoms with Crippen LogP contribution in [0.5, 0.6) is 0 Å². The predicted molar refractivity (Wildman–Crippen MR) is 29.9 cm³/mol. The third-order valence-electron chi connectivity index (χ3n) is 1.29. The van der Waals surface area contributed by atoms with Crippen LogP contribution >= 0.6 is 0 Å². The summed E-state index contributed by atoms with van der Waals surface area (Å²) in [7, 11) is 0. The Morgan fingerprint density at radius 2 is 2.67 bits per heavy atom. The van der Waals surface area contributed by atoms with Crippen molar-refractivity contribution in [2.45, 2.75) is 6.54 Å². The highest BCUT2D eigenvalue weighted by Crippen LogP contribution is 2.00. The molecule has 1 aliphatic rings. The van der Waals surface area contributed by atoms with Gasteiger partial charge in [-0.05, 0) is 0 Å². The number of nitrogens with one attached hydrogen (secondary N) is 1. The number of hydrogen-bond donors (Lipinski definition) is 1. The lowest BCUT2D eigenvalue weighted by Crippen LogP contribution is -2.29. The number of fused-ring (bicyclic) bond motifs is 2. The van der Waals surface area contributed by atoms with E-state index in [1.807, 2.05) is 0 Å². The maximum absolute atomic E-state index is 10.7. The van der Waals surface area contributed by atoms with Crippen molar-refractivity contribution in [1.82, 2.24) is 14.9 Å². The molecule has 46 valence electrons. The number of rotatable bonds is 0. The molecule has 1 aromatic rings. The molecule has 9 heavy (non-hydrogen) atoms. The highest BCUT2D eigenvalue weighted by Gasteiger charge is 2.11. The number of aromatic nitrogens is 2. The number of hydrogen-bond acceptors (Lipinski definition) is 2. The summed E-state index contributed by atoms with van der Waals surface area (Å²) in [5.41, 5.74) is 0.912. The molecule has 1 aromatic heterocycles. The van der Waals surface area contributed by atoms with Crippen LogP contribution in [0.25, 0.3) is 0 Å². The van der Waals surface area contributed by atoms with E-state index in [2.05, 4.69) is 10.3 Å². The van der Waals surface area contributed by atoms with Crippen LogP contribution in [-0.2, 0) is 6.54 Å². The summed E-state index contributed by atoms with van der Waals surface area (Å²) in [5.74, 6) is 0. The minimum absolute atomic E-state index is 0.0972. The van der Waals surface area contributed by atoms with Crippen LogP contribution < -0.4 is 5.32 Å². The molecule has 0 saturated carbocycles. The van der Waals surface area contributed by atoms with Gasteiger partial charge in [0.05, 0.1) is 12.2 Å². The minimum Gasteiger partial charge on any atom is -0.332 e. The largest absolute Gasteiger partial charge is 0.332 e. The van der Waals surface area contributed by atoms with Gasteiger partial charge in [-0.3, -0.25) is 4.57 Å². The molecule has 2 bridgehead atoms. The number of carbonyl (C=O) groups is 1. The minimum atomic E-state index is -0.0972. The van der Waals surface area contributed by atoms with Gasteiger partial charge in [-0.25, -0.2) is 9.78 Å². The molecule has 2 heterocycles. The lowest BCUT2D eigenvalue weighted by molar-refractivity contribution is 0.241. The van der Waals surface area contributed by atoms with E-state index < -0.39 is 0 Å². The molecule has 0 spiro atoms. The molecular weight excluding hydrogens is 118 g/mol. The summed E-state index contributed by atoms with van der Waals surface area (Å²) in [6.45, 7) is 0.561. The van der Waals surface area contributed by atoms with Gasteiger partial charge in [-0.1, -0.05) is 0 Å². The van der Waals surface area contributed by atoms with E-state index in [0.717, 1.165) is 5.69 Å². The van der Waals surface area contributed by atoms with Crippen LogP contribution in [0.3, 0.4) is 0 Å². The summed E-state index contributed by atoms with van der Waals surface area (Å²) in [6.07, 6.45) is 3.23. The zero-order valence-corrected chi connectivity index (χ0v) is 4.66. The first-order chi connectivity index (χ1) is 4.36. The van der Waals surface area contributed by atoms with Crippen LogP contribution in [0.1, 0.15) is 5.69 Å². The molecule has 0 unspecified atom stereocenters. The van der Waals surface area contributed by atoms with E-state index in [-0.39, 0.29) is 6.03 Å². The van der Waals surface area contributed by atoms with E-state index in [0.29, 0.717) is 6.54 Å². The zero-order chi connectivity index (χ0) is 6.27. The van der Waals surface area contributed by atoms with E-state index >= 15 is 0 Å². The first-order valence-corrected chi connectivity index (χ1v) is 2.67. The average molecular weight is 123 g/mol. The highest BCUT2D eigenvalue weighted by molar-refractivity contribution is 5.77. The molecule has 1 N–H and O–H groups in total. The first kappa shape index (κ1) is 4.55. The quantitative estimate of drug-likeness (QED) is 0.526. The Kier molecular flexibility index (Phi) is 0.677. The average Bonchev–Trinajstić information content (AvgIpc) is 2.25. The monoisotopic (exact) mass is 123 g/mol. The fraction of sp³-hybridized carbons (Fsp3) is 0.200. The molecule has 0 fully saturated rings. The molecule has 0 aromatic carbocycles. The molecule has 4 heteroatoms. The van der Waals surface area contributed by atoms with Crippen LogP contribution in [-0.4, -0.2) is 15.6 Å². The van der Waals surface area contributed by atoms with Crippen molar-refractivity contribution < 1.29 is 4.79 Å². The summed E-state index contributed by atoms with van der Waals surface area (Å²) in [5, 5.41) is 2.64. The third-order valence-corrected chi connectivity index (χ3v) is 1.29. The van der Waals surface area contributed by atoms with E-state index in [9.17, 15) is 4.79 Å². The van der Waals surface area contributed by atoms with Crippen molar-refractivity contribution >= 4 is 6.03 Å². The van der Waals surface area contributed by atoms with Crippen LogP contribution in [0.4, 0.5) is 4.79 Å². The second kappa shape index (κ2) is 1.34. The normalized spacial score (nSPS) is 15.3. The molecule has 0 atom stereocenters. The first-order valence-electron chi connectivity index (χ1n) is 2.67. The second-order valence-corrected chi connectivity index (χ2v) is 1.93. The topological polar surface area (TPSA) is 46.9 Å². The van der Waals surface area contributed by atoms with Gasteiger partial charge in [0.25, 0.3) is 0 Å².